The van der Waals surface area contributed by atoms with Crippen LogP contribution in [0.3, 0.4) is 0 Å². The standard InChI is InChI=1S/C16H18N4O4S2.3C2HF3O2/c1-23-10-20-9-12(7-19-20)11-3-13(24-2)5-14(4-11)26(21,22)16-8-18-15(6-17)25-16;3*3-2(4,5)1(6)7/h3-5,7-9H,6,10,17H2,1-2H3;3*(H,6,7). The number of methoxy groups -OCH3 is 2. The number of thiazole rings is 1. The number of hydrogen-bond acceptors (Lipinski definition) is 11. The number of rotatable bonds is 7. The molecule has 0 radical (unpaired) electrons. The molecule has 0 bridgehead atoms. The number of hydrogen-bond donors (Lipinski definition) is 4. The molecule has 2 heterocycles. The average Bonchev–Trinajstić information content (AvgIpc) is 3.63. The lowest BCUT2D eigenvalue weighted by atomic mass is 10.1. The molecule has 3 rings (SSSR count). The van der Waals surface area contributed by atoms with E-state index in [-0.39, 0.29) is 15.6 Å². The number of nitrogens with zero attached hydrogens (tertiary/aromatic N) is 3. The van der Waals surface area contributed by atoms with Crippen molar-refractivity contribution >= 4 is 39.1 Å². The number of carbonyl (C=O) groups is 3. The number of nitrogens with two attached hydrogens (primary N) is 1. The summed E-state index contributed by atoms with van der Waals surface area (Å²) in [5.74, 6) is -7.84. The smallest absolute Gasteiger partial charge is 0.490 e. The second-order valence-corrected chi connectivity index (χ2v) is 11.1. The van der Waals surface area contributed by atoms with Gasteiger partial charge in [0, 0.05) is 25.4 Å². The molecule has 0 unspecified atom stereocenters. The third-order valence-corrected chi connectivity index (χ3v) is 7.57. The quantitative estimate of drug-likeness (QED) is 0.254. The minimum Gasteiger partial charge on any atom is -0.497 e. The van der Waals surface area contributed by atoms with Gasteiger partial charge in [-0.15, -0.1) is 11.3 Å². The van der Waals surface area contributed by atoms with E-state index >= 15 is 0 Å². The van der Waals surface area contributed by atoms with Crippen LogP contribution in [0.25, 0.3) is 11.1 Å². The highest BCUT2D eigenvalue weighted by molar-refractivity contribution is 7.93. The maximum absolute atomic E-state index is 13.0. The van der Waals surface area contributed by atoms with Gasteiger partial charge in [0.1, 0.15) is 21.7 Å². The zero-order valence-electron chi connectivity index (χ0n) is 23.2. The van der Waals surface area contributed by atoms with E-state index in [1.807, 2.05) is 0 Å². The Morgan fingerprint density at radius 2 is 1.32 bits per heavy atom. The summed E-state index contributed by atoms with van der Waals surface area (Å²) < 4.78 is 133. The summed E-state index contributed by atoms with van der Waals surface area (Å²) in [6.07, 6.45) is -10.5. The van der Waals surface area contributed by atoms with Gasteiger partial charge in [0.05, 0.1) is 24.4 Å². The second-order valence-electron chi connectivity index (χ2n) is 7.77. The Hall–Kier alpha value is -4.49. The summed E-state index contributed by atoms with van der Waals surface area (Å²) in [4.78, 5) is 30.8. The highest BCUT2D eigenvalue weighted by atomic mass is 32.2. The van der Waals surface area contributed by atoms with Crippen molar-refractivity contribution in [2.75, 3.05) is 14.2 Å². The molecule has 0 aliphatic carbocycles. The largest absolute Gasteiger partial charge is 0.497 e. The normalized spacial score (nSPS) is 11.5. The predicted octanol–water partition coefficient (Wildman–Crippen LogP) is 3.81. The van der Waals surface area contributed by atoms with Gasteiger partial charge >= 0.3 is 36.4 Å². The number of halogens is 9. The van der Waals surface area contributed by atoms with Crippen LogP contribution in [0.2, 0.25) is 0 Å². The summed E-state index contributed by atoms with van der Waals surface area (Å²) in [6, 6.07) is 4.83. The van der Waals surface area contributed by atoms with E-state index in [2.05, 4.69) is 10.1 Å². The fourth-order valence-corrected chi connectivity index (χ4v) is 4.87. The van der Waals surface area contributed by atoms with Crippen molar-refractivity contribution in [1.29, 1.82) is 0 Å². The van der Waals surface area contributed by atoms with Gasteiger partial charge in [-0.1, -0.05) is 0 Å². The van der Waals surface area contributed by atoms with Crippen molar-refractivity contribution < 1.29 is 87.1 Å². The highest BCUT2D eigenvalue weighted by Gasteiger charge is 2.39. The summed E-state index contributed by atoms with van der Waals surface area (Å²) in [7, 11) is -0.665. The third-order valence-electron chi connectivity index (χ3n) is 4.35. The van der Waals surface area contributed by atoms with Crippen LogP contribution in [0, 0.1) is 0 Å². The van der Waals surface area contributed by atoms with Crippen molar-refractivity contribution in [3.05, 3.63) is 41.8 Å². The molecule has 5 N–H and O–H groups in total. The van der Waals surface area contributed by atoms with Crippen LogP contribution < -0.4 is 10.5 Å². The van der Waals surface area contributed by atoms with Gasteiger partial charge in [-0.3, -0.25) is 0 Å². The number of ether oxygens (including phenoxy) is 2. The van der Waals surface area contributed by atoms with Gasteiger partial charge in [-0.25, -0.2) is 32.5 Å². The number of alkyl halides is 9. The van der Waals surface area contributed by atoms with Crippen LogP contribution in [0.4, 0.5) is 39.5 Å². The molecule has 264 valence electrons. The van der Waals surface area contributed by atoms with Gasteiger partial charge in [0.2, 0.25) is 9.84 Å². The zero-order chi connectivity index (χ0) is 37.0. The van der Waals surface area contributed by atoms with E-state index in [1.54, 1.807) is 36.3 Å². The average molecular weight is 737 g/mol. The lowest BCUT2D eigenvalue weighted by Gasteiger charge is -2.08. The van der Waals surface area contributed by atoms with Crippen molar-refractivity contribution in [1.82, 2.24) is 14.8 Å². The molecule has 0 amide bonds. The van der Waals surface area contributed by atoms with Gasteiger partial charge in [0.25, 0.3) is 0 Å². The molecule has 2 aromatic heterocycles. The Kier molecular flexibility index (Phi) is 15.8. The Balaban J connectivity index is 0.000000820. The Labute approximate surface area is 260 Å². The molecule has 0 saturated carbocycles. The van der Waals surface area contributed by atoms with E-state index in [1.165, 1.54) is 19.4 Å². The van der Waals surface area contributed by atoms with Gasteiger partial charge in [0.15, 0.2) is 0 Å². The van der Waals surface area contributed by atoms with Crippen molar-refractivity contribution in [2.45, 2.75) is 40.9 Å². The van der Waals surface area contributed by atoms with Crippen LogP contribution in [0.5, 0.6) is 5.75 Å². The number of sulfone groups is 1. The molecule has 14 nitrogen and oxygen atoms in total. The summed E-state index contributed by atoms with van der Waals surface area (Å²) in [6.45, 7) is 0.500. The Bertz CT molecular complexity index is 1550. The number of benzene rings is 1. The fraction of sp³-hybridized carbons (Fsp3) is 0.318. The monoisotopic (exact) mass is 736 g/mol. The summed E-state index contributed by atoms with van der Waals surface area (Å²) >= 11 is 1.06. The molecule has 0 fully saturated rings. The molecule has 1 aromatic carbocycles. The van der Waals surface area contributed by atoms with E-state index in [0.717, 1.165) is 16.9 Å². The van der Waals surface area contributed by atoms with Crippen molar-refractivity contribution in [3.63, 3.8) is 0 Å². The van der Waals surface area contributed by atoms with Crippen LogP contribution in [0.1, 0.15) is 5.01 Å². The predicted molar refractivity (Wildman–Crippen MR) is 138 cm³/mol. The minimum atomic E-state index is -5.08. The van der Waals surface area contributed by atoms with Crippen molar-refractivity contribution in [2.24, 2.45) is 5.73 Å². The molecule has 0 aliphatic heterocycles. The first kappa shape index (κ1) is 42.5. The Morgan fingerprint density at radius 1 is 0.851 bits per heavy atom. The SMILES string of the molecule is COCn1cc(-c2cc(OC)cc(S(=O)(=O)c3cnc(CN)s3)c2)cn1.O=C(O)C(F)(F)F.O=C(O)C(F)(F)F.O=C(O)C(F)(F)F. The van der Waals surface area contributed by atoms with E-state index in [4.69, 9.17) is 44.9 Å². The molecule has 0 atom stereocenters. The lowest BCUT2D eigenvalue weighted by Crippen LogP contribution is -2.21. The van der Waals surface area contributed by atoms with Crippen LogP contribution in [-0.4, -0.2) is 89.2 Å². The molecule has 0 aliphatic rings. The van der Waals surface area contributed by atoms with Gasteiger partial charge in [-0.05, 0) is 23.8 Å². The zero-order valence-corrected chi connectivity index (χ0v) is 24.8. The summed E-state index contributed by atoms with van der Waals surface area (Å²) in [5, 5.41) is 26.1. The van der Waals surface area contributed by atoms with Crippen LogP contribution in [0.15, 0.2) is 45.9 Å². The van der Waals surface area contributed by atoms with Crippen LogP contribution in [-0.2, 0) is 42.2 Å². The second kappa shape index (κ2) is 17.4. The van der Waals surface area contributed by atoms with E-state index < -0.39 is 46.3 Å². The Morgan fingerprint density at radius 3 is 1.68 bits per heavy atom. The topological polar surface area (TPSA) is 221 Å². The molecular weight excluding hydrogens is 715 g/mol. The minimum absolute atomic E-state index is 0.124. The molecule has 47 heavy (non-hydrogen) atoms. The van der Waals surface area contributed by atoms with E-state index in [0.29, 0.717) is 23.1 Å². The highest BCUT2D eigenvalue weighted by Crippen LogP contribution is 2.33. The third kappa shape index (κ3) is 14.6. The van der Waals surface area contributed by atoms with Gasteiger partial charge in [-0.2, -0.15) is 44.6 Å². The fourth-order valence-electron chi connectivity index (χ4n) is 2.36. The van der Waals surface area contributed by atoms with Crippen LogP contribution >= 0.6 is 11.3 Å². The number of carboxylic acids is 3. The molecule has 3 aromatic rings. The first-order chi connectivity index (χ1) is 21.3. The molecular formula is C22H21F9N4O10S2. The van der Waals surface area contributed by atoms with Crippen molar-refractivity contribution in [3.8, 4) is 16.9 Å². The van der Waals surface area contributed by atoms with E-state index in [9.17, 15) is 47.9 Å². The maximum atomic E-state index is 13.0. The molecule has 25 heteroatoms. The first-order valence-electron chi connectivity index (χ1n) is 11.3. The van der Waals surface area contributed by atoms with Gasteiger partial charge < -0.3 is 30.5 Å². The number of aliphatic carboxylic acids is 3. The first-order valence-corrected chi connectivity index (χ1v) is 13.6. The lowest BCUT2D eigenvalue weighted by molar-refractivity contribution is -0.193. The maximum Gasteiger partial charge on any atom is 0.490 e. The molecule has 0 saturated heterocycles. The number of carboxylic acid groups (broad SMARTS) is 3. The summed E-state index contributed by atoms with van der Waals surface area (Å²) in [5.41, 5.74) is 6.96. The number of aromatic nitrogens is 3. The molecule has 0 spiro atoms.